The first-order valence-electron chi connectivity index (χ1n) is 9.18. The molecule has 0 saturated carbocycles. The molecule has 142 valence electrons. The summed E-state index contributed by atoms with van der Waals surface area (Å²) in [5.74, 6) is -0.369. The van der Waals surface area contributed by atoms with Crippen LogP contribution >= 0.6 is 0 Å². The zero-order valence-corrected chi connectivity index (χ0v) is 15.8. The number of nitrogens with zero attached hydrogens (tertiary/aromatic N) is 2. The predicted octanol–water partition coefficient (Wildman–Crippen LogP) is 3.41. The van der Waals surface area contributed by atoms with E-state index in [-0.39, 0.29) is 18.4 Å². The Labute approximate surface area is 165 Å². The highest BCUT2D eigenvalue weighted by atomic mass is 16.2. The summed E-state index contributed by atoms with van der Waals surface area (Å²) in [6.45, 7) is 2.21. The van der Waals surface area contributed by atoms with Crippen LogP contribution in [0.5, 0.6) is 0 Å². The van der Waals surface area contributed by atoms with Crippen LogP contribution in [0.4, 0.5) is 0 Å². The summed E-state index contributed by atoms with van der Waals surface area (Å²) in [5.41, 5.74) is 4.11. The summed E-state index contributed by atoms with van der Waals surface area (Å²) in [6, 6.07) is 24.0. The summed E-state index contributed by atoms with van der Waals surface area (Å²) < 4.78 is 0. The van der Waals surface area contributed by atoms with Gasteiger partial charge in [0.1, 0.15) is 0 Å². The highest BCUT2D eigenvalue weighted by molar-refractivity contribution is 5.83. The van der Waals surface area contributed by atoms with Gasteiger partial charge in [-0.2, -0.15) is 0 Å². The van der Waals surface area contributed by atoms with Gasteiger partial charge in [-0.25, -0.2) is 0 Å². The quantitative estimate of drug-likeness (QED) is 0.690. The molecule has 1 heterocycles. The molecular weight excluding hydrogens is 350 g/mol. The Morgan fingerprint density at radius 1 is 0.857 bits per heavy atom. The molecule has 0 unspecified atom stereocenters. The lowest BCUT2D eigenvalue weighted by molar-refractivity contribution is -0.133. The van der Waals surface area contributed by atoms with E-state index in [1.165, 1.54) is 6.92 Å². The van der Waals surface area contributed by atoms with Gasteiger partial charge in [-0.1, -0.05) is 60.7 Å². The first-order valence-corrected chi connectivity index (χ1v) is 9.18. The standard InChI is InChI=1S/C23H23N3O2/c1-18(27)25-15-23(28)26(17-22-9-5-6-14-24-22)16-19-10-12-21(13-11-19)20-7-3-2-4-8-20/h2-14H,15-17H2,1H3,(H,25,27). The fourth-order valence-corrected chi connectivity index (χ4v) is 2.88. The van der Waals surface area contributed by atoms with Gasteiger partial charge in [0, 0.05) is 19.7 Å². The van der Waals surface area contributed by atoms with Crippen LogP contribution in [0.1, 0.15) is 18.2 Å². The number of aromatic nitrogens is 1. The Balaban J connectivity index is 1.74. The molecule has 28 heavy (non-hydrogen) atoms. The third-order valence-electron chi connectivity index (χ3n) is 4.35. The van der Waals surface area contributed by atoms with E-state index >= 15 is 0 Å². The summed E-state index contributed by atoms with van der Waals surface area (Å²) >= 11 is 0. The van der Waals surface area contributed by atoms with Crippen LogP contribution in [-0.2, 0) is 22.7 Å². The number of carbonyl (C=O) groups excluding carboxylic acids is 2. The molecule has 1 N–H and O–H groups in total. The molecule has 0 aliphatic rings. The Morgan fingerprint density at radius 3 is 2.18 bits per heavy atom. The second kappa shape index (κ2) is 9.46. The number of nitrogens with one attached hydrogen (secondary N) is 1. The fourth-order valence-electron chi connectivity index (χ4n) is 2.88. The maximum atomic E-state index is 12.6. The van der Waals surface area contributed by atoms with Gasteiger partial charge in [-0.05, 0) is 28.8 Å². The molecule has 0 saturated heterocycles. The SMILES string of the molecule is CC(=O)NCC(=O)N(Cc1ccc(-c2ccccc2)cc1)Cc1ccccn1. The van der Waals surface area contributed by atoms with E-state index in [2.05, 4.69) is 34.6 Å². The lowest BCUT2D eigenvalue weighted by Crippen LogP contribution is -2.39. The third kappa shape index (κ3) is 5.51. The van der Waals surface area contributed by atoms with E-state index in [1.807, 2.05) is 48.5 Å². The van der Waals surface area contributed by atoms with Gasteiger partial charge < -0.3 is 10.2 Å². The smallest absolute Gasteiger partial charge is 0.242 e. The molecule has 1 aromatic heterocycles. The summed E-state index contributed by atoms with van der Waals surface area (Å²) in [4.78, 5) is 29.8. The normalized spacial score (nSPS) is 10.3. The van der Waals surface area contributed by atoms with E-state index in [4.69, 9.17) is 0 Å². The van der Waals surface area contributed by atoms with Gasteiger partial charge >= 0.3 is 0 Å². The highest BCUT2D eigenvalue weighted by Gasteiger charge is 2.15. The topological polar surface area (TPSA) is 62.3 Å². The number of rotatable bonds is 7. The Morgan fingerprint density at radius 2 is 1.54 bits per heavy atom. The number of benzene rings is 2. The molecule has 2 aromatic carbocycles. The molecule has 0 bridgehead atoms. The van der Waals surface area contributed by atoms with Crippen molar-refractivity contribution in [1.29, 1.82) is 0 Å². The van der Waals surface area contributed by atoms with Crippen molar-refractivity contribution in [2.24, 2.45) is 0 Å². The highest BCUT2D eigenvalue weighted by Crippen LogP contribution is 2.20. The van der Waals surface area contributed by atoms with Crippen LogP contribution < -0.4 is 5.32 Å². The van der Waals surface area contributed by atoms with Crippen molar-refractivity contribution in [2.75, 3.05) is 6.54 Å². The molecule has 2 amide bonds. The molecule has 0 radical (unpaired) electrons. The third-order valence-corrected chi connectivity index (χ3v) is 4.35. The molecule has 3 rings (SSSR count). The van der Waals surface area contributed by atoms with Crippen LogP contribution in [0, 0.1) is 0 Å². The van der Waals surface area contributed by atoms with Crippen LogP contribution in [0.2, 0.25) is 0 Å². The van der Waals surface area contributed by atoms with Gasteiger partial charge in [-0.15, -0.1) is 0 Å². The van der Waals surface area contributed by atoms with Crippen molar-refractivity contribution in [3.8, 4) is 11.1 Å². The molecule has 0 aliphatic heterocycles. The number of pyridine rings is 1. The fraction of sp³-hybridized carbons (Fsp3) is 0.174. The van der Waals surface area contributed by atoms with Crippen molar-refractivity contribution in [1.82, 2.24) is 15.2 Å². The lowest BCUT2D eigenvalue weighted by Gasteiger charge is -2.23. The molecule has 5 heteroatoms. The van der Waals surface area contributed by atoms with Crippen molar-refractivity contribution in [2.45, 2.75) is 20.0 Å². The number of amides is 2. The molecular formula is C23H23N3O2. The van der Waals surface area contributed by atoms with E-state index in [0.29, 0.717) is 13.1 Å². The van der Waals surface area contributed by atoms with Crippen molar-refractivity contribution in [3.05, 3.63) is 90.3 Å². The zero-order valence-electron chi connectivity index (χ0n) is 15.8. The molecule has 0 fully saturated rings. The van der Waals surface area contributed by atoms with E-state index in [9.17, 15) is 9.59 Å². The molecule has 0 aliphatic carbocycles. The zero-order chi connectivity index (χ0) is 19.8. The monoisotopic (exact) mass is 373 g/mol. The Hall–Kier alpha value is -3.47. The van der Waals surface area contributed by atoms with Crippen LogP contribution in [0.25, 0.3) is 11.1 Å². The van der Waals surface area contributed by atoms with Crippen molar-refractivity contribution in [3.63, 3.8) is 0 Å². The second-order valence-electron chi connectivity index (χ2n) is 6.54. The first kappa shape index (κ1) is 19.3. The minimum absolute atomic E-state index is 0.0235. The van der Waals surface area contributed by atoms with Crippen molar-refractivity contribution >= 4 is 11.8 Å². The van der Waals surface area contributed by atoms with Crippen LogP contribution in [0.15, 0.2) is 79.0 Å². The van der Waals surface area contributed by atoms with Gasteiger partial charge in [0.15, 0.2) is 0 Å². The minimum Gasteiger partial charge on any atom is -0.347 e. The summed E-state index contributed by atoms with van der Waals surface area (Å²) in [7, 11) is 0. The first-order chi connectivity index (χ1) is 13.6. The van der Waals surface area contributed by atoms with E-state index < -0.39 is 0 Å². The number of hydrogen-bond donors (Lipinski definition) is 1. The maximum Gasteiger partial charge on any atom is 0.242 e. The second-order valence-corrected chi connectivity index (χ2v) is 6.54. The average Bonchev–Trinajstić information content (AvgIpc) is 2.73. The van der Waals surface area contributed by atoms with Gasteiger partial charge in [0.25, 0.3) is 0 Å². The van der Waals surface area contributed by atoms with E-state index in [0.717, 1.165) is 22.4 Å². The predicted molar refractivity (Wildman–Crippen MR) is 109 cm³/mol. The largest absolute Gasteiger partial charge is 0.347 e. The van der Waals surface area contributed by atoms with Gasteiger partial charge in [0.2, 0.25) is 11.8 Å². The van der Waals surface area contributed by atoms with Crippen molar-refractivity contribution < 1.29 is 9.59 Å². The Kier molecular flexibility index (Phi) is 6.52. The van der Waals surface area contributed by atoms with Crippen LogP contribution in [-0.4, -0.2) is 28.2 Å². The van der Waals surface area contributed by atoms with Gasteiger partial charge in [-0.3, -0.25) is 14.6 Å². The summed E-state index contributed by atoms with van der Waals surface area (Å²) in [5, 5.41) is 2.58. The van der Waals surface area contributed by atoms with E-state index in [1.54, 1.807) is 11.1 Å². The van der Waals surface area contributed by atoms with Crippen LogP contribution in [0.3, 0.4) is 0 Å². The summed E-state index contributed by atoms with van der Waals surface area (Å²) in [6.07, 6.45) is 1.71. The van der Waals surface area contributed by atoms with Gasteiger partial charge in [0.05, 0.1) is 18.8 Å². The lowest BCUT2D eigenvalue weighted by atomic mass is 10.0. The molecule has 0 atom stereocenters. The number of hydrogen-bond acceptors (Lipinski definition) is 3. The maximum absolute atomic E-state index is 12.6. The molecule has 0 spiro atoms. The average molecular weight is 373 g/mol. The number of carbonyl (C=O) groups is 2. The molecule has 5 nitrogen and oxygen atoms in total. The molecule has 3 aromatic rings. The minimum atomic E-state index is -0.224. The Bertz CT molecular complexity index is 910.